The second-order valence-corrected chi connectivity index (χ2v) is 8.44. The van der Waals surface area contributed by atoms with Crippen LogP contribution in [0.25, 0.3) is 0 Å². The SMILES string of the molecule is OCC1CC(O)CC(c2ccc(C3CC3)c(Cc3ccc4c(c3)OCCO4)c2)O1. The van der Waals surface area contributed by atoms with Crippen LogP contribution in [0, 0.1) is 0 Å². The zero-order valence-corrected chi connectivity index (χ0v) is 16.5. The molecule has 1 saturated carbocycles. The quantitative estimate of drug-likeness (QED) is 0.810. The minimum Gasteiger partial charge on any atom is -0.486 e. The van der Waals surface area contributed by atoms with E-state index in [-0.39, 0.29) is 18.8 Å². The van der Waals surface area contributed by atoms with Gasteiger partial charge in [0.2, 0.25) is 0 Å². The summed E-state index contributed by atoms with van der Waals surface area (Å²) in [5.41, 5.74) is 5.01. The van der Waals surface area contributed by atoms with Crippen LogP contribution in [-0.2, 0) is 11.2 Å². The lowest BCUT2D eigenvalue weighted by Crippen LogP contribution is -2.33. The van der Waals surface area contributed by atoms with Crippen molar-refractivity contribution in [3.8, 4) is 11.5 Å². The van der Waals surface area contributed by atoms with Gasteiger partial charge in [-0.15, -0.1) is 0 Å². The Morgan fingerprint density at radius 3 is 2.55 bits per heavy atom. The van der Waals surface area contributed by atoms with E-state index >= 15 is 0 Å². The Morgan fingerprint density at radius 1 is 0.931 bits per heavy atom. The Kier molecular flexibility index (Phi) is 5.20. The molecule has 0 bridgehead atoms. The number of rotatable bonds is 5. The molecule has 29 heavy (non-hydrogen) atoms. The number of benzene rings is 2. The minimum absolute atomic E-state index is 0.0578. The molecular weight excluding hydrogens is 368 g/mol. The van der Waals surface area contributed by atoms with Gasteiger partial charge in [0, 0.05) is 12.8 Å². The van der Waals surface area contributed by atoms with E-state index < -0.39 is 6.10 Å². The lowest BCUT2D eigenvalue weighted by Gasteiger charge is -2.33. The molecule has 2 fully saturated rings. The topological polar surface area (TPSA) is 68.2 Å². The Balaban J connectivity index is 1.43. The lowest BCUT2D eigenvalue weighted by molar-refractivity contribution is -0.113. The first-order valence-electron chi connectivity index (χ1n) is 10.6. The van der Waals surface area contributed by atoms with Gasteiger partial charge < -0.3 is 24.4 Å². The number of ether oxygens (including phenoxy) is 3. The lowest BCUT2D eigenvalue weighted by atomic mass is 9.90. The fourth-order valence-corrected chi connectivity index (χ4v) is 4.51. The zero-order valence-electron chi connectivity index (χ0n) is 16.5. The van der Waals surface area contributed by atoms with Crippen molar-refractivity contribution < 1.29 is 24.4 Å². The van der Waals surface area contributed by atoms with Gasteiger partial charge in [-0.2, -0.15) is 0 Å². The largest absolute Gasteiger partial charge is 0.486 e. The van der Waals surface area contributed by atoms with Gasteiger partial charge in [0.25, 0.3) is 0 Å². The number of hydrogen-bond acceptors (Lipinski definition) is 5. The van der Waals surface area contributed by atoms with E-state index in [1.54, 1.807) is 0 Å². The monoisotopic (exact) mass is 396 g/mol. The first kappa shape index (κ1) is 18.9. The summed E-state index contributed by atoms with van der Waals surface area (Å²) in [6.07, 6.45) is 3.48. The van der Waals surface area contributed by atoms with Crippen LogP contribution in [0.2, 0.25) is 0 Å². The van der Waals surface area contributed by atoms with Crippen molar-refractivity contribution in [3.63, 3.8) is 0 Å². The van der Waals surface area contributed by atoms with Gasteiger partial charge in [0.1, 0.15) is 13.2 Å². The summed E-state index contributed by atoms with van der Waals surface area (Å²) < 4.78 is 17.4. The number of aliphatic hydroxyl groups is 2. The van der Waals surface area contributed by atoms with Crippen LogP contribution in [0.3, 0.4) is 0 Å². The summed E-state index contributed by atoms with van der Waals surface area (Å²) in [7, 11) is 0. The Hall–Kier alpha value is -2.08. The smallest absolute Gasteiger partial charge is 0.161 e. The standard InChI is InChI=1S/C24H28O5/c25-14-20-12-19(26)13-23(29-20)17-4-5-21(16-2-3-16)18(11-17)9-15-1-6-22-24(10-15)28-8-7-27-22/h1,4-6,10-11,16,19-20,23,25-26H,2-3,7-9,12-14H2. The van der Waals surface area contributed by atoms with Crippen LogP contribution in [0.4, 0.5) is 0 Å². The highest BCUT2D eigenvalue weighted by Crippen LogP contribution is 2.44. The van der Waals surface area contributed by atoms with Gasteiger partial charge in [-0.05, 0) is 59.6 Å². The summed E-state index contributed by atoms with van der Waals surface area (Å²) in [6, 6.07) is 12.8. The van der Waals surface area contributed by atoms with Crippen LogP contribution in [0.1, 0.15) is 60.0 Å². The van der Waals surface area contributed by atoms with Gasteiger partial charge in [-0.1, -0.05) is 24.3 Å². The maximum absolute atomic E-state index is 10.2. The van der Waals surface area contributed by atoms with Crippen molar-refractivity contribution in [1.29, 1.82) is 0 Å². The van der Waals surface area contributed by atoms with Crippen molar-refractivity contribution in [2.45, 2.75) is 56.3 Å². The van der Waals surface area contributed by atoms with Crippen molar-refractivity contribution in [2.24, 2.45) is 0 Å². The molecule has 5 rings (SSSR count). The number of aliphatic hydroxyl groups excluding tert-OH is 2. The highest BCUT2D eigenvalue weighted by atomic mass is 16.6. The summed E-state index contributed by atoms with van der Waals surface area (Å²) in [5, 5.41) is 19.7. The Morgan fingerprint density at radius 2 is 1.76 bits per heavy atom. The molecule has 0 aromatic heterocycles. The Bertz CT molecular complexity index is 876. The maximum atomic E-state index is 10.2. The van der Waals surface area contributed by atoms with E-state index in [2.05, 4.69) is 30.3 Å². The molecule has 2 N–H and O–H groups in total. The van der Waals surface area contributed by atoms with Gasteiger partial charge in [0.05, 0.1) is 24.9 Å². The van der Waals surface area contributed by atoms with Crippen LogP contribution in [0.15, 0.2) is 36.4 Å². The molecule has 3 unspecified atom stereocenters. The zero-order chi connectivity index (χ0) is 19.8. The molecule has 154 valence electrons. The first-order chi connectivity index (χ1) is 14.2. The molecule has 2 aromatic rings. The molecule has 2 aliphatic heterocycles. The van der Waals surface area contributed by atoms with Crippen molar-refractivity contribution in [3.05, 3.63) is 58.7 Å². The third-order valence-corrected chi connectivity index (χ3v) is 6.14. The van der Waals surface area contributed by atoms with Crippen LogP contribution < -0.4 is 9.47 Å². The average Bonchev–Trinajstić information content (AvgIpc) is 3.58. The van der Waals surface area contributed by atoms with E-state index in [0.717, 1.165) is 23.5 Å². The second kappa shape index (κ2) is 7.98. The molecule has 3 aliphatic rings. The van der Waals surface area contributed by atoms with E-state index in [0.29, 0.717) is 32.0 Å². The molecule has 1 aliphatic carbocycles. The summed E-state index contributed by atoms with van der Waals surface area (Å²) in [5.74, 6) is 2.29. The van der Waals surface area contributed by atoms with E-state index in [4.69, 9.17) is 14.2 Å². The molecular formula is C24H28O5. The predicted molar refractivity (Wildman–Crippen MR) is 109 cm³/mol. The van der Waals surface area contributed by atoms with Crippen molar-refractivity contribution in [2.75, 3.05) is 19.8 Å². The van der Waals surface area contributed by atoms with E-state index in [1.807, 2.05) is 6.07 Å². The summed E-state index contributed by atoms with van der Waals surface area (Å²) >= 11 is 0. The second-order valence-electron chi connectivity index (χ2n) is 8.44. The average molecular weight is 396 g/mol. The van der Waals surface area contributed by atoms with Gasteiger partial charge in [0.15, 0.2) is 11.5 Å². The molecule has 2 aromatic carbocycles. The normalized spacial score (nSPS) is 26.3. The molecule has 5 nitrogen and oxygen atoms in total. The van der Waals surface area contributed by atoms with Crippen LogP contribution >= 0.6 is 0 Å². The van der Waals surface area contributed by atoms with Gasteiger partial charge in [-0.3, -0.25) is 0 Å². The third kappa shape index (κ3) is 4.13. The highest BCUT2D eigenvalue weighted by Gasteiger charge is 2.31. The minimum atomic E-state index is -0.435. The van der Waals surface area contributed by atoms with Crippen molar-refractivity contribution in [1.82, 2.24) is 0 Å². The fraction of sp³-hybridized carbons (Fsp3) is 0.500. The number of fused-ring (bicyclic) bond motifs is 1. The summed E-state index contributed by atoms with van der Waals surface area (Å²) in [6.45, 7) is 1.13. The van der Waals surface area contributed by atoms with E-state index in [1.165, 1.54) is 29.5 Å². The Labute approximate surface area is 171 Å². The third-order valence-electron chi connectivity index (χ3n) is 6.14. The molecule has 1 saturated heterocycles. The molecule has 2 heterocycles. The maximum Gasteiger partial charge on any atom is 0.161 e. The first-order valence-corrected chi connectivity index (χ1v) is 10.6. The van der Waals surface area contributed by atoms with Crippen molar-refractivity contribution >= 4 is 0 Å². The predicted octanol–water partition coefficient (Wildman–Crippen LogP) is 3.50. The molecule has 3 atom stereocenters. The van der Waals surface area contributed by atoms with E-state index in [9.17, 15) is 10.2 Å². The molecule has 0 amide bonds. The molecule has 5 heteroatoms. The highest BCUT2D eigenvalue weighted by molar-refractivity contribution is 5.47. The molecule has 0 radical (unpaired) electrons. The van der Waals surface area contributed by atoms with Gasteiger partial charge in [-0.25, -0.2) is 0 Å². The van der Waals surface area contributed by atoms with Crippen LogP contribution in [-0.4, -0.2) is 42.2 Å². The fourth-order valence-electron chi connectivity index (χ4n) is 4.51. The van der Waals surface area contributed by atoms with Gasteiger partial charge >= 0.3 is 0 Å². The summed E-state index contributed by atoms with van der Waals surface area (Å²) in [4.78, 5) is 0. The number of hydrogen-bond donors (Lipinski definition) is 2. The molecule has 0 spiro atoms. The van der Waals surface area contributed by atoms with Crippen LogP contribution in [0.5, 0.6) is 11.5 Å².